The molecule has 2 rings (SSSR count). The molecule has 1 heterocycles. The molecule has 2 N–H and O–H groups in total. The third kappa shape index (κ3) is 3.60. The summed E-state index contributed by atoms with van der Waals surface area (Å²) in [5.41, 5.74) is 1.01. The first-order chi connectivity index (χ1) is 10.7. The molecule has 2 aromatic rings. The van der Waals surface area contributed by atoms with Gasteiger partial charge in [-0.3, -0.25) is 9.59 Å². The minimum absolute atomic E-state index is 0.208. The number of carbonyl (C=O) groups is 2. The lowest BCUT2D eigenvalue weighted by Crippen LogP contribution is -2.36. The van der Waals surface area contributed by atoms with Crippen LogP contribution in [0, 0.1) is 0 Å². The van der Waals surface area contributed by atoms with Crippen LogP contribution in [0.3, 0.4) is 0 Å². The highest BCUT2D eigenvalue weighted by Crippen LogP contribution is 2.32. The minimum atomic E-state index is -0.907. The Bertz CT molecular complexity index is 658. The summed E-state index contributed by atoms with van der Waals surface area (Å²) in [4.78, 5) is 26.8. The number of amides is 2. The lowest BCUT2D eigenvalue weighted by atomic mass is 10.1. The van der Waals surface area contributed by atoms with Crippen molar-refractivity contribution in [3.63, 3.8) is 0 Å². The molecule has 0 radical (unpaired) electrons. The van der Waals surface area contributed by atoms with E-state index < -0.39 is 18.5 Å². The molecule has 8 heteroatoms. The Balaban J connectivity index is 2.13. The third-order valence-corrected chi connectivity index (χ3v) is 2.74. The predicted octanol–water partition coefficient (Wildman–Crippen LogP) is 1.37. The molecule has 1 aromatic heterocycles. The highest BCUT2D eigenvalue weighted by molar-refractivity contribution is 6.39. The first kappa shape index (κ1) is 15.5. The lowest BCUT2D eigenvalue weighted by molar-refractivity contribution is -0.136. The Morgan fingerprint density at radius 2 is 2.18 bits per heavy atom. The molecule has 0 saturated carbocycles. The second-order valence-corrected chi connectivity index (χ2v) is 4.18. The van der Waals surface area contributed by atoms with Crippen LogP contribution < -0.4 is 15.4 Å². The van der Waals surface area contributed by atoms with Crippen LogP contribution in [-0.2, 0) is 9.59 Å². The molecule has 2 amide bonds. The van der Waals surface area contributed by atoms with Gasteiger partial charge in [-0.15, -0.1) is 0 Å². The zero-order valence-corrected chi connectivity index (χ0v) is 11.8. The van der Waals surface area contributed by atoms with E-state index in [9.17, 15) is 14.0 Å². The number of hydrogen-bond acceptors (Lipinski definition) is 5. The van der Waals surface area contributed by atoms with Crippen molar-refractivity contribution in [2.45, 2.75) is 0 Å². The fourth-order valence-electron chi connectivity index (χ4n) is 1.75. The first-order valence-electron chi connectivity index (χ1n) is 6.37. The highest BCUT2D eigenvalue weighted by atomic mass is 19.1. The molecule has 116 valence electrons. The molecule has 0 atom stereocenters. The number of halogens is 1. The Labute approximate surface area is 125 Å². The second kappa shape index (κ2) is 7.21. The molecule has 0 aliphatic heterocycles. The Morgan fingerprint density at radius 1 is 1.36 bits per heavy atom. The maximum absolute atomic E-state index is 11.9. The van der Waals surface area contributed by atoms with Gasteiger partial charge in [0.1, 0.15) is 12.4 Å². The zero-order chi connectivity index (χ0) is 15.9. The van der Waals surface area contributed by atoms with Gasteiger partial charge in [0.25, 0.3) is 0 Å². The van der Waals surface area contributed by atoms with Gasteiger partial charge >= 0.3 is 11.8 Å². The molecular weight excluding hydrogens is 293 g/mol. The third-order valence-electron chi connectivity index (χ3n) is 2.74. The maximum Gasteiger partial charge on any atom is 0.313 e. The van der Waals surface area contributed by atoms with Crippen molar-refractivity contribution in [1.82, 2.24) is 10.3 Å². The molecule has 0 saturated heterocycles. The number of ether oxygens (including phenoxy) is 1. The van der Waals surface area contributed by atoms with E-state index in [1.165, 1.54) is 25.8 Å². The molecule has 0 aliphatic carbocycles. The number of rotatable bonds is 5. The topological polar surface area (TPSA) is 93.5 Å². The SMILES string of the molecule is COc1cc(NC(=O)C(=O)NCCF)ccc1-c1cnco1. The number of oxazole rings is 1. The molecule has 22 heavy (non-hydrogen) atoms. The van der Waals surface area contributed by atoms with Crippen molar-refractivity contribution >= 4 is 17.5 Å². The quantitative estimate of drug-likeness (QED) is 0.814. The van der Waals surface area contributed by atoms with E-state index in [2.05, 4.69) is 15.6 Å². The molecule has 0 aliphatic rings. The van der Waals surface area contributed by atoms with Gasteiger partial charge in [-0.05, 0) is 12.1 Å². The predicted molar refractivity (Wildman–Crippen MR) is 76.1 cm³/mol. The van der Waals surface area contributed by atoms with Gasteiger partial charge in [0, 0.05) is 18.3 Å². The fraction of sp³-hybridized carbons (Fsp3) is 0.214. The summed E-state index contributed by atoms with van der Waals surface area (Å²) in [5.74, 6) is -0.840. The van der Waals surface area contributed by atoms with Gasteiger partial charge in [-0.2, -0.15) is 0 Å². The Morgan fingerprint density at radius 3 is 2.82 bits per heavy atom. The molecule has 0 fully saturated rings. The van der Waals surface area contributed by atoms with Gasteiger partial charge in [0.05, 0.1) is 18.9 Å². The average Bonchev–Trinajstić information content (AvgIpc) is 3.06. The standard InChI is InChI=1S/C14H14FN3O4/c1-21-11-6-9(18-14(20)13(19)17-5-4-15)2-3-10(11)12-7-16-8-22-12/h2-3,6-8H,4-5H2,1H3,(H,17,19)(H,18,20). The summed E-state index contributed by atoms with van der Waals surface area (Å²) in [6.07, 6.45) is 2.82. The number of hydrogen-bond donors (Lipinski definition) is 2. The van der Waals surface area contributed by atoms with E-state index in [1.54, 1.807) is 12.1 Å². The minimum Gasteiger partial charge on any atom is -0.496 e. The number of nitrogens with zero attached hydrogens (tertiary/aromatic N) is 1. The number of carbonyl (C=O) groups excluding carboxylic acids is 2. The summed E-state index contributed by atoms with van der Waals surface area (Å²) in [7, 11) is 1.47. The van der Waals surface area contributed by atoms with Gasteiger partial charge in [-0.25, -0.2) is 9.37 Å². The van der Waals surface area contributed by atoms with Crippen LogP contribution in [0.15, 0.2) is 35.2 Å². The van der Waals surface area contributed by atoms with E-state index in [0.29, 0.717) is 22.8 Å². The van der Waals surface area contributed by atoms with Crippen LogP contribution >= 0.6 is 0 Å². The van der Waals surface area contributed by atoms with E-state index in [1.807, 2.05) is 0 Å². The first-order valence-corrected chi connectivity index (χ1v) is 6.37. The molecule has 0 spiro atoms. The summed E-state index contributed by atoms with van der Waals surface area (Å²) in [6.45, 7) is -0.946. The summed E-state index contributed by atoms with van der Waals surface area (Å²) >= 11 is 0. The number of benzene rings is 1. The molecule has 1 aromatic carbocycles. The second-order valence-electron chi connectivity index (χ2n) is 4.18. The van der Waals surface area contributed by atoms with Crippen molar-refractivity contribution < 1.29 is 23.1 Å². The fourth-order valence-corrected chi connectivity index (χ4v) is 1.75. The van der Waals surface area contributed by atoms with Gasteiger partial charge in [-0.1, -0.05) is 0 Å². The number of methoxy groups -OCH3 is 1. The smallest absolute Gasteiger partial charge is 0.313 e. The average molecular weight is 307 g/mol. The van der Waals surface area contributed by atoms with Crippen LogP contribution in [0.1, 0.15) is 0 Å². The van der Waals surface area contributed by atoms with Crippen molar-refractivity contribution in [1.29, 1.82) is 0 Å². The number of nitrogens with one attached hydrogen (secondary N) is 2. The summed E-state index contributed by atoms with van der Waals surface area (Å²) in [5, 5.41) is 4.53. The largest absolute Gasteiger partial charge is 0.496 e. The summed E-state index contributed by atoms with van der Waals surface area (Å²) < 4.78 is 22.4. The van der Waals surface area contributed by atoms with E-state index in [-0.39, 0.29) is 6.54 Å². The van der Waals surface area contributed by atoms with Crippen molar-refractivity contribution in [2.24, 2.45) is 0 Å². The van der Waals surface area contributed by atoms with Crippen molar-refractivity contribution in [3.8, 4) is 17.1 Å². The van der Waals surface area contributed by atoms with Crippen LogP contribution in [0.2, 0.25) is 0 Å². The maximum atomic E-state index is 11.9. The summed E-state index contributed by atoms with van der Waals surface area (Å²) in [6, 6.07) is 4.79. The molecule has 0 bridgehead atoms. The molecule has 7 nitrogen and oxygen atoms in total. The van der Waals surface area contributed by atoms with Crippen LogP contribution in [0.5, 0.6) is 5.75 Å². The Kier molecular flexibility index (Phi) is 5.07. The normalized spacial score (nSPS) is 10.1. The van der Waals surface area contributed by atoms with Crippen molar-refractivity contribution in [3.05, 3.63) is 30.8 Å². The zero-order valence-electron chi connectivity index (χ0n) is 11.8. The molecule has 0 unspecified atom stereocenters. The number of alkyl halides is 1. The highest BCUT2D eigenvalue weighted by Gasteiger charge is 2.15. The monoisotopic (exact) mass is 307 g/mol. The van der Waals surface area contributed by atoms with Crippen molar-refractivity contribution in [2.75, 3.05) is 25.6 Å². The van der Waals surface area contributed by atoms with E-state index >= 15 is 0 Å². The van der Waals surface area contributed by atoms with Gasteiger partial charge < -0.3 is 19.8 Å². The number of anilines is 1. The van der Waals surface area contributed by atoms with E-state index in [0.717, 1.165) is 0 Å². The number of aromatic nitrogens is 1. The Hall–Kier alpha value is -2.90. The van der Waals surface area contributed by atoms with Crippen LogP contribution in [0.25, 0.3) is 11.3 Å². The van der Waals surface area contributed by atoms with Crippen LogP contribution in [-0.4, -0.2) is 37.1 Å². The van der Waals surface area contributed by atoms with Gasteiger partial charge in [0.2, 0.25) is 0 Å². The van der Waals surface area contributed by atoms with E-state index in [4.69, 9.17) is 9.15 Å². The lowest BCUT2D eigenvalue weighted by Gasteiger charge is -2.10. The van der Waals surface area contributed by atoms with Gasteiger partial charge in [0.15, 0.2) is 12.2 Å². The molecular formula is C14H14FN3O4. The van der Waals surface area contributed by atoms with Crippen LogP contribution in [0.4, 0.5) is 10.1 Å².